The molecular formula is C20H13ClN6O2. The minimum Gasteiger partial charge on any atom is -0.308 e. The first-order valence-corrected chi connectivity index (χ1v) is 9.18. The lowest BCUT2D eigenvalue weighted by molar-refractivity contribution is -0.116. The Labute approximate surface area is 171 Å². The predicted octanol–water partition coefficient (Wildman–Crippen LogP) is 1.93. The van der Waals surface area contributed by atoms with Crippen molar-refractivity contribution in [2.45, 2.75) is 12.1 Å². The summed E-state index contributed by atoms with van der Waals surface area (Å²) in [7, 11) is 0. The van der Waals surface area contributed by atoms with Gasteiger partial charge in [0.15, 0.2) is 22.4 Å². The highest BCUT2D eigenvalue weighted by Crippen LogP contribution is 2.46. The van der Waals surface area contributed by atoms with E-state index in [0.29, 0.717) is 5.69 Å². The average Bonchev–Trinajstić information content (AvgIpc) is 2.78. The van der Waals surface area contributed by atoms with Crippen LogP contribution in [-0.2, 0) is 9.59 Å². The van der Waals surface area contributed by atoms with Crippen molar-refractivity contribution in [2.75, 3.05) is 0 Å². The summed E-state index contributed by atoms with van der Waals surface area (Å²) in [6.07, 6.45) is 6.50. The number of nitrogens with zero attached hydrogens (tertiary/aromatic N) is 6. The smallest absolute Gasteiger partial charge is 0.176 e. The standard InChI is InChI=1S/C20H13ClN6O2/c21-19-20-26-17(13-3-1-2-6-24-13)16-11(9-28)4-5-12(10-29)18(16)27(20)15(8-23)14(7-22)25-19/h1-6,9-12,16-18H. The molecule has 0 spiro atoms. The maximum absolute atomic E-state index is 11.9. The van der Waals surface area contributed by atoms with Gasteiger partial charge in [0.2, 0.25) is 0 Å². The first kappa shape index (κ1) is 18.7. The van der Waals surface area contributed by atoms with Gasteiger partial charge in [0.05, 0.1) is 17.7 Å². The summed E-state index contributed by atoms with van der Waals surface area (Å²) in [6, 6.07) is 7.98. The Balaban J connectivity index is 2.00. The monoisotopic (exact) mass is 404 g/mol. The van der Waals surface area contributed by atoms with Gasteiger partial charge in [0, 0.05) is 18.0 Å². The summed E-state index contributed by atoms with van der Waals surface area (Å²) in [4.78, 5) is 38.3. The summed E-state index contributed by atoms with van der Waals surface area (Å²) in [5, 5.41) is 19.1. The van der Waals surface area contributed by atoms with Crippen LogP contribution < -0.4 is 0 Å². The fraction of sp³-hybridized carbons (Fsp3) is 0.250. The molecule has 0 bridgehead atoms. The minimum absolute atomic E-state index is 0.0445. The molecule has 8 nitrogen and oxygen atoms in total. The fourth-order valence-electron chi connectivity index (χ4n) is 4.13. The largest absolute Gasteiger partial charge is 0.308 e. The molecule has 0 N–H and O–H groups in total. The van der Waals surface area contributed by atoms with Gasteiger partial charge >= 0.3 is 0 Å². The molecule has 0 fully saturated rings. The normalized spacial score (nSPS) is 30.2. The van der Waals surface area contributed by atoms with Crippen molar-refractivity contribution in [1.82, 2.24) is 9.88 Å². The molecule has 5 atom stereocenters. The molecule has 2 aliphatic heterocycles. The van der Waals surface area contributed by atoms with Crippen LogP contribution in [0.25, 0.3) is 0 Å². The third-order valence-electron chi connectivity index (χ3n) is 5.32. The maximum Gasteiger partial charge on any atom is 0.176 e. The van der Waals surface area contributed by atoms with Crippen LogP contribution in [0.15, 0.2) is 57.9 Å². The Bertz CT molecular complexity index is 1080. The Morgan fingerprint density at radius 2 is 1.86 bits per heavy atom. The molecule has 3 heterocycles. The van der Waals surface area contributed by atoms with Crippen molar-refractivity contribution in [3.63, 3.8) is 0 Å². The predicted molar refractivity (Wildman–Crippen MR) is 103 cm³/mol. The summed E-state index contributed by atoms with van der Waals surface area (Å²) in [5.41, 5.74) is 0.407. The van der Waals surface area contributed by atoms with Crippen LogP contribution >= 0.6 is 11.6 Å². The van der Waals surface area contributed by atoms with Crippen molar-refractivity contribution in [1.29, 1.82) is 10.5 Å². The number of aromatic nitrogens is 1. The highest BCUT2D eigenvalue weighted by molar-refractivity contribution is 6.84. The number of nitriles is 2. The molecule has 3 aliphatic rings. The van der Waals surface area contributed by atoms with Gasteiger partial charge in [0.1, 0.15) is 30.8 Å². The number of pyridine rings is 1. The van der Waals surface area contributed by atoms with Gasteiger partial charge < -0.3 is 14.5 Å². The van der Waals surface area contributed by atoms with Crippen molar-refractivity contribution >= 4 is 35.2 Å². The Morgan fingerprint density at radius 1 is 1.10 bits per heavy atom. The molecule has 142 valence electrons. The van der Waals surface area contributed by atoms with Crippen LogP contribution in [0.3, 0.4) is 0 Å². The van der Waals surface area contributed by atoms with E-state index in [2.05, 4.69) is 15.0 Å². The zero-order valence-corrected chi connectivity index (χ0v) is 15.6. The highest BCUT2D eigenvalue weighted by atomic mass is 35.5. The second kappa shape index (κ2) is 7.42. The molecule has 0 saturated carbocycles. The fourth-order valence-corrected chi connectivity index (χ4v) is 4.35. The van der Waals surface area contributed by atoms with Gasteiger partial charge in [0.25, 0.3) is 0 Å². The minimum atomic E-state index is -0.644. The summed E-state index contributed by atoms with van der Waals surface area (Å²) in [6.45, 7) is 0. The third kappa shape index (κ3) is 2.86. The number of halogens is 1. The SMILES string of the molecule is N#CC1=C(C#N)N2C(=NC(c3ccccn3)C3C(C=O)C=CC(C=O)C32)C(Cl)=N1. The van der Waals surface area contributed by atoms with Crippen LogP contribution in [0, 0.1) is 40.4 Å². The van der Waals surface area contributed by atoms with Gasteiger partial charge in [-0.05, 0) is 12.1 Å². The zero-order chi connectivity index (χ0) is 20.5. The molecule has 0 radical (unpaired) electrons. The van der Waals surface area contributed by atoms with Gasteiger partial charge in [-0.1, -0.05) is 29.8 Å². The van der Waals surface area contributed by atoms with E-state index in [1.165, 1.54) is 4.90 Å². The average molecular weight is 405 g/mol. The summed E-state index contributed by atoms with van der Waals surface area (Å²) in [5.74, 6) is -1.50. The summed E-state index contributed by atoms with van der Waals surface area (Å²) >= 11 is 6.32. The topological polar surface area (TPSA) is 123 Å². The Kier molecular flexibility index (Phi) is 4.79. The van der Waals surface area contributed by atoms with E-state index in [9.17, 15) is 20.1 Å². The Hall–Kier alpha value is -3.62. The van der Waals surface area contributed by atoms with E-state index in [-0.39, 0.29) is 22.4 Å². The van der Waals surface area contributed by atoms with Crippen LogP contribution in [0.1, 0.15) is 11.7 Å². The molecule has 1 aromatic heterocycles. The highest BCUT2D eigenvalue weighted by Gasteiger charge is 2.51. The van der Waals surface area contributed by atoms with Gasteiger partial charge in [-0.25, -0.2) is 4.99 Å². The van der Waals surface area contributed by atoms with Crippen LogP contribution in [0.4, 0.5) is 0 Å². The van der Waals surface area contributed by atoms with E-state index in [4.69, 9.17) is 11.6 Å². The van der Waals surface area contributed by atoms with Crippen molar-refractivity contribution in [2.24, 2.45) is 27.7 Å². The van der Waals surface area contributed by atoms with Crippen molar-refractivity contribution in [3.8, 4) is 12.1 Å². The van der Waals surface area contributed by atoms with Crippen LogP contribution in [-0.4, -0.2) is 39.5 Å². The number of carbonyl (C=O) groups excluding carboxylic acids is 2. The molecule has 1 aromatic rings. The first-order chi connectivity index (χ1) is 14.1. The lowest BCUT2D eigenvalue weighted by Gasteiger charge is -2.49. The van der Waals surface area contributed by atoms with Crippen molar-refractivity contribution < 1.29 is 9.59 Å². The van der Waals surface area contributed by atoms with Crippen LogP contribution in [0.5, 0.6) is 0 Å². The van der Waals surface area contributed by atoms with Crippen molar-refractivity contribution in [3.05, 3.63) is 53.6 Å². The van der Waals surface area contributed by atoms with E-state index in [1.807, 2.05) is 12.1 Å². The van der Waals surface area contributed by atoms with E-state index >= 15 is 0 Å². The lowest BCUT2D eigenvalue weighted by Crippen LogP contribution is -2.58. The molecule has 29 heavy (non-hydrogen) atoms. The van der Waals surface area contributed by atoms with E-state index < -0.39 is 29.8 Å². The number of fused-ring (bicyclic) bond motifs is 3. The molecule has 0 amide bonds. The second-order valence-corrected chi connectivity index (χ2v) is 7.08. The number of hydrogen-bond acceptors (Lipinski definition) is 8. The number of amidine groups is 1. The Morgan fingerprint density at radius 3 is 2.48 bits per heavy atom. The van der Waals surface area contributed by atoms with Gasteiger partial charge in [-0.2, -0.15) is 10.5 Å². The second-order valence-electron chi connectivity index (χ2n) is 6.73. The molecule has 5 unspecified atom stereocenters. The van der Waals surface area contributed by atoms with E-state index in [0.717, 1.165) is 12.6 Å². The number of aliphatic imine (C=N–C) groups is 2. The molecule has 1 aliphatic carbocycles. The number of aldehydes is 2. The molecule has 4 rings (SSSR count). The van der Waals surface area contributed by atoms with Crippen LogP contribution in [0.2, 0.25) is 0 Å². The number of hydrogen-bond donors (Lipinski definition) is 0. The molecule has 0 saturated heterocycles. The first-order valence-electron chi connectivity index (χ1n) is 8.80. The molecule has 0 aromatic carbocycles. The van der Waals surface area contributed by atoms with Gasteiger partial charge in [-0.15, -0.1) is 0 Å². The molecule has 9 heteroatoms. The zero-order valence-electron chi connectivity index (χ0n) is 14.9. The molecular weight excluding hydrogens is 392 g/mol. The lowest BCUT2D eigenvalue weighted by atomic mass is 9.69. The number of allylic oxidation sites excluding steroid dienone is 3. The quantitative estimate of drug-likeness (QED) is 0.560. The number of rotatable bonds is 3. The van der Waals surface area contributed by atoms with E-state index in [1.54, 1.807) is 36.5 Å². The third-order valence-corrected chi connectivity index (χ3v) is 5.57. The number of carbonyl (C=O) groups is 2. The summed E-state index contributed by atoms with van der Waals surface area (Å²) < 4.78 is 0. The maximum atomic E-state index is 11.9. The van der Waals surface area contributed by atoms with Gasteiger partial charge in [-0.3, -0.25) is 9.98 Å².